The number of aromatic nitrogens is 3. The summed E-state index contributed by atoms with van der Waals surface area (Å²) < 4.78 is 26.9. The van der Waals surface area contributed by atoms with Gasteiger partial charge >= 0.3 is 0 Å². The molecule has 3 aromatic rings. The maximum Gasteiger partial charge on any atom is 0.255 e. The van der Waals surface area contributed by atoms with Gasteiger partial charge in [-0.3, -0.25) is 14.6 Å². The van der Waals surface area contributed by atoms with Gasteiger partial charge < -0.3 is 10.3 Å². The average Bonchev–Trinajstić information content (AvgIpc) is 2.65. The van der Waals surface area contributed by atoms with Crippen molar-refractivity contribution in [2.45, 2.75) is 26.3 Å². The van der Waals surface area contributed by atoms with Gasteiger partial charge in [-0.2, -0.15) is 0 Å². The number of aryl methyl sites for hydroxylation is 1. The number of carbonyl (C=O) groups is 1. The Hall–Kier alpha value is -3.42. The van der Waals surface area contributed by atoms with Gasteiger partial charge in [0.25, 0.3) is 5.56 Å². The molecule has 0 spiro atoms. The number of carbonyl (C=O) groups excluding carboxylic acids is 1. The second-order valence-electron chi connectivity index (χ2n) is 6.35. The highest BCUT2D eigenvalue weighted by atomic mass is 19.1. The number of hydrogen-bond acceptors (Lipinski definition) is 4. The zero-order valence-corrected chi connectivity index (χ0v) is 15.3. The Labute approximate surface area is 159 Å². The molecule has 0 fully saturated rings. The van der Waals surface area contributed by atoms with Gasteiger partial charge in [0.2, 0.25) is 5.91 Å². The fourth-order valence-electron chi connectivity index (χ4n) is 2.84. The predicted octanol–water partition coefficient (Wildman–Crippen LogP) is 2.84. The maximum atomic E-state index is 13.9. The van der Waals surface area contributed by atoms with Crippen LogP contribution in [0.2, 0.25) is 0 Å². The van der Waals surface area contributed by atoms with Crippen molar-refractivity contribution in [3.05, 3.63) is 81.5 Å². The fraction of sp³-hybridized carbons (Fsp3) is 0.200. The highest BCUT2D eigenvalue weighted by Gasteiger charge is 2.17. The number of nitrogens with zero attached hydrogens (tertiary/aromatic N) is 2. The van der Waals surface area contributed by atoms with Crippen molar-refractivity contribution >= 4 is 5.91 Å². The van der Waals surface area contributed by atoms with E-state index in [-0.39, 0.29) is 17.5 Å². The summed E-state index contributed by atoms with van der Waals surface area (Å²) in [6.07, 6.45) is 2.97. The third-order valence-electron chi connectivity index (χ3n) is 4.30. The van der Waals surface area contributed by atoms with Gasteiger partial charge in [-0.15, -0.1) is 0 Å². The molecule has 6 nitrogen and oxygen atoms in total. The molecule has 0 aliphatic heterocycles. The molecule has 0 aliphatic rings. The fourth-order valence-corrected chi connectivity index (χ4v) is 2.84. The maximum absolute atomic E-state index is 13.9. The van der Waals surface area contributed by atoms with Crippen LogP contribution in [0.5, 0.6) is 0 Å². The largest absolute Gasteiger partial charge is 0.349 e. The van der Waals surface area contributed by atoms with E-state index in [0.29, 0.717) is 17.1 Å². The van der Waals surface area contributed by atoms with Gasteiger partial charge in [-0.05, 0) is 32.0 Å². The Bertz CT molecular complexity index is 1070. The van der Waals surface area contributed by atoms with Gasteiger partial charge in [0.1, 0.15) is 17.5 Å². The number of H-pyrrole nitrogens is 1. The van der Waals surface area contributed by atoms with E-state index in [1.54, 1.807) is 38.4 Å². The minimum Gasteiger partial charge on any atom is -0.349 e. The minimum atomic E-state index is -0.746. The van der Waals surface area contributed by atoms with E-state index < -0.39 is 29.1 Å². The number of hydrogen-bond donors (Lipinski definition) is 2. The molecule has 0 radical (unpaired) electrons. The van der Waals surface area contributed by atoms with E-state index in [1.165, 1.54) is 6.07 Å². The first-order valence-electron chi connectivity index (χ1n) is 8.59. The molecule has 8 heteroatoms. The van der Waals surface area contributed by atoms with Crippen molar-refractivity contribution in [1.29, 1.82) is 0 Å². The lowest BCUT2D eigenvalue weighted by atomic mass is 10.1. The highest BCUT2D eigenvalue weighted by Crippen LogP contribution is 2.18. The van der Waals surface area contributed by atoms with Crippen LogP contribution >= 0.6 is 0 Å². The molecule has 28 heavy (non-hydrogen) atoms. The molecule has 1 atom stereocenters. The number of pyridine rings is 1. The average molecular weight is 384 g/mol. The van der Waals surface area contributed by atoms with Crippen LogP contribution < -0.4 is 10.9 Å². The first-order chi connectivity index (χ1) is 13.3. The van der Waals surface area contributed by atoms with Crippen LogP contribution in [-0.2, 0) is 11.2 Å². The predicted molar refractivity (Wildman–Crippen MR) is 99.4 cm³/mol. The van der Waals surface area contributed by atoms with Crippen molar-refractivity contribution in [3.63, 3.8) is 0 Å². The Morgan fingerprint density at radius 2 is 2.07 bits per heavy atom. The standard InChI is InChI=1S/C20H18F2N4O2/c1-11(15-6-5-14(21)8-17(15)22)24-18(27)9-16-12(2)25-19(26-20(16)28)13-4-3-7-23-10-13/h3-8,10-11H,9H2,1-2H3,(H,24,27)(H,25,26,28). The molecule has 1 aromatic carbocycles. The zero-order chi connectivity index (χ0) is 20.3. The van der Waals surface area contributed by atoms with E-state index in [9.17, 15) is 18.4 Å². The SMILES string of the molecule is Cc1nc(-c2cccnc2)[nH]c(=O)c1CC(=O)NC(C)c1ccc(F)cc1F. The first-order valence-corrected chi connectivity index (χ1v) is 8.59. The molecule has 0 aliphatic carbocycles. The van der Waals surface area contributed by atoms with Crippen LogP contribution in [0.3, 0.4) is 0 Å². The van der Waals surface area contributed by atoms with Crippen molar-refractivity contribution < 1.29 is 13.6 Å². The summed E-state index contributed by atoms with van der Waals surface area (Å²) in [7, 11) is 0. The topological polar surface area (TPSA) is 87.7 Å². The van der Waals surface area contributed by atoms with Crippen LogP contribution in [0.4, 0.5) is 8.78 Å². The molecular weight excluding hydrogens is 366 g/mol. The molecule has 2 N–H and O–H groups in total. The van der Waals surface area contributed by atoms with E-state index in [1.807, 2.05) is 0 Å². The van der Waals surface area contributed by atoms with Crippen LogP contribution in [-0.4, -0.2) is 20.9 Å². The van der Waals surface area contributed by atoms with Crippen LogP contribution in [0.25, 0.3) is 11.4 Å². The molecule has 0 saturated carbocycles. The van der Waals surface area contributed by atoms with Crippen molar-refractivity contribution in [2.75, 3.05) is 0 Å². The third-order valence-corrected chi connectivity index (χ3v) is 4.30. The quantitative estimate of drug-likeness (QED) is 0.708. The molecule has 144 valence electrons. The first kappa shape index (κ1) is 19.3. The summed E-state index contributed by atoms with van der Waals surface area (Å²) in [4.78, 5) is 35.7. The molecule has 0 bridgehead atoms. The monoisotopic (exact) mass is 384 g/mol. The van der Waals surface area contributed by atoms with Gasteiger partial charge in [0.15, 0.2) is 0 Å². The van der Waals surface area contributed by atoms with Crippen LogP contribution in [0, 0.1) is 18.6 Å². The molecule has 0 saturated heterocycles. The number of rotatable bonds is 5. The van der Waals surface area contributed by atoms with Gasteiger partial charge in [-0.1, -0.05) is 6.07 Å². The number of halogens is 2. The lowest BCUT2D eigenvalue weighted by Gasteiger charge is -2.15. The zero-order valence-electron chi connectivity index (χ0n) is 15.3. The van der Waals surface area contributed by atoms with Crippen LogP contribution in [0.15, 0.2) is 47.5 Å². The summed E-state index contributed by atoms with van der Waals surface area (Å²) in [6.45, 7) is 3.22. The highest BCUT2D eigenvalue weighted by molar-refractivity contribution is 5.79. The lowest BCUT2D eigenvalue weighted by Crippen LogP contribution is -2.31. The van der Waals surface area contributed by atoms with E-state index in [2.05, 4.69) is 20.3 Å². The number of benzene rings is 1. The summed E-state index contributed by atoms with van der Waals surface area (Å²) in [6, 6.07) is 5.95. The Morgan fingerprint density at radius 3 is 2.71 bits per heavy atom. The summed E-state index contributed by atoms with van der Waals surface area (Å²) >= 11 is 0. The summed E-state index contributed by atoms with van der Waals surface area (Å²) in [5, 5.41) is 2.61. The van der Waals surface area contributed by atoms with Gasteiger partial charge in [0.05, 0.1) is 12.5 Å². The molecule has 2 heterocycles. The normalized spacial score (nSPS) is 11.9. The third kappa shape index (κ3) is 4.28. The lowest BCUT2D eigenvalue weighted by molar-refractivity contribution is -0.121. The van der Waals surface area contributed by atoms with Crippen molar-refractivity contribution in [2.24, 2.45) is 0 Å². The van der Waals surface area contributed by atoms with Crippen molar-refractivity contribution in [1.82, 2.24) is 20.3 Å². The Kier molecular flexibility index (Phi) is 5.58. The van der Waals surface area contributed by atoms with E-state index in [0.717, 1.165) is 12.1 Å². The smallest absolute Gasteiger partial charge is 0.255 e. The molecule has 3 rings (SSSR count). The van der Waals surface area contributed by atoms with Gasteiger partial charge in [-0.25, -0.2) is 13.8 Å². The number of aromatic amines is 1. The van der Waals surface area contributed by atoms with E-state index in [4.69, 9.17) is 0 Å². The second-order valence-corrected chi connectivity index (χ2v) is 6.35. The second kappa shape index (κ2) is 8.08. The Balaban J connectivity index is 1.76. The summed E-state index contributed by atoms with van der Waals surface area (Å²) in [5.74, 6) is -1.55. The molecule has 1 amide bonds. The number of nitrogens with one attached hydrogen (secondary N) is 2. The molecular formula is C20H18F2N4O2. The van der Waals surface area contributed by atoms with Crippen molar-refractivity contribution in [3.8, 4) is 11.4 Å². The summed E-state index contributed by atoms with van der Waals surface area (Å²) in [5.41, 5.74) is 1.02. The number of amides is 1. The molecule has 1 unspecified atom stereocenters. The minimum absolute atomic E-state index is 0.158. The van der Waals surface area contributed by atoms with Gasteiger partial charge in [0, 0.05) is 40.8 Å². The van der Waals surface area contributed by atoms with Crippen LogP contribution in [0.1, 0.15) is 29.8 Å². The Morgan fingerprint density at radius 1 is 1.29 bits per heavy atom. The van der Waals surface area contributed by atoms with E-state index >= 15 is 0 Å². The molecule has 2 aromatic heterocycles.